The molecule has 34 heavy (non-hydrogen) atoms. The predicted octanol–water partition coefficient (Wildman–Crippen LogP) is 3.78. The fraction of sp³-hybridized carbons (Fsp3) is 0.174. The molecule has 2 heterocycles. The van der Waals surface area contributed by atoms with Gasteiger partial charge < -0.3 is 5.32 Å². The van der Waals surface area contributed by atoms with Gasteiger partial charge in [-0.05, 0) is 68.9 Å². The molecule has 4 rings (SSSR count). The number of rotatable bonds is 6. The quantitative estimate of drug-likeness (QED) is 0.245. The fourth-order valence-electron chi connectivity index (χ4n) is 3.60. The second-order valence-electron chi connectivity index (χ2n) is 7.66. The first-order valence-electron chi connectivity index (χ1n) is 10.2. The lowest BCUT2D eigenvalue weighted by molar-refractivity contribution is -0.385. The summed E-state index contributed by atoms with van der Waals surface area (Å²) in [6.45, 7) is 5.18. The Labute approximate surface area is 198 Å². The molecule has 3 amide bonds. The van der Waals surface area contributed by atoms with Crippen molar-refractivity contribution in [2.75, 3.05) is 5.32 Å². The van der Waals surface area contributed by atoms with Crippen LogP contribution in [-0.2, 0) is 4.79 Å². The molecule has 2 aromatic carbocycles. The number of benzene rings is 2. The van der Waals surface area contributed by atoms with Gasteiger partial charge in [-0.3, -0.25) is 29.4 Å². The zero-order chi connectivity index (χ0) is 24.6. The van der Waals surface area contributed by atoms with Gasteiger partial charge in [-0.25, -0.2) is 9.97 Å². The average Bonchev–Trinajstić information content (AvgIpc) is 3.04. The lowest BCUT2D eigenvalue weighted by atomic mass is 10.1. The Morgan fingerprint density at radius 1 is 1.06 bits per heavy atom. The normalized spacial score (nSPS) is 13.6. The summed E-state index contributed by atoms with van der Waals surface area (Å²) in [5, 5.41) is 14.6. The van der Waals surface area contributed by atoms with E-state index in [1.54, 1.807) is 24.3 Å². The number of carbonyl (C=O) groups is 3. The number of hydrogen-bond acceptors (Lipinski definition) is 8. The first kappa shape index (κ1) is 23.1. The van der Waals surface area contributed by atoms with E-state index in [1.807, 2.05) is 19.9 Å². The van der Waals surface area contributed by atoms with Gasteiger partial charge in [0.1, 0.15) is 11.6 Å². The third-order valence-electron chi connectivity index (χ3n) is 5.18. The Hall–Kier alpha value is -4.12. The molecule has 0 spiro atoms. The van der Waals surface area contributed by atoms with Crippen LogP contribution in [0.2, 0.25) is 0 Å². The zero-order valence-corrected chi connectivity index (χ0v) is 19.3. The molecule has 1 atom stereocenters. The molecule has 10 nitrogen and oxygen atoms in total. The second-order valence-corrected chi connectivity index (χ2v) is 8.70. The molecule has 1 unspecified atom stereocenters. The van der Waals surface area contributed by atoms with Crippen molar-refractivity contribution < 1.29 is 19.3 Å². The highest BCUT2D eigenvalue weighted by Gasteiger charge is 2.44. The Morgan fingerprint density at radius 2 is 1.71 bits per heavy atom. The van der Waals surface area contributed by atoms with Crippen LogP contribution in [0.1, 0.15) is 39.0 Å². The molecule has 0 fully saturated rings. The van der Waals surface area contributed by atoms with Gasteiger partial charge >= 0.3 is 0 Å². The maximum atomic E-state index is 12.8. The average molecular weight is 478 g/mol. The molecule has 0 saturated heterocycles. The number of aryl methyl sites for hydroxylation is 2. The maximum Gasteiger partial charge on any atom is 0.282 e. The largest absolute Gasteiger partial charge is 0.324 e. The lowest BCUT2D eigenvalue weighted by Gasteiger charge is -2.21. The molecule has 0 radical (unpaired) electrons. The van der Waals surface area contributed by atoms with Crippen LogP contribution in [0.15, 0.2) is 58.6 Å². The highest BCUT2D eigenvalue weighted by atomic mass is 32.2. The molecular weight excluding hydrogens is 458 g/mol. The van der Waals surface area contributed by atoms with Gasteiger partial charge in [0.25, 0.3) is 17.5 Å². The molecule has 1 aliphatic rings. The van der Waals surface area contributed by atoms with E-state index in [-0.39, 0.29) is 11.1 Å². The van der Waals surface area contributed by atoms with Crippen LogP contribution < -0.4 is 5.32 Å². The fourth-order valence-corrected chi connectivity index (χ4v) is 4.47. The van der Waals surface area contributed by atoms with Gasteiger partial charge in [-0.1, -0.05) is 6.07 Å². The highest BCUT2D eigenvalue weighted by molar-refractivity contribution is 7.99. The Morgan fingerprint density at radius 3 is 2.32 bits per heavy atom. The number of nitro groups is 1. The first-order valence-corrected chi connectivity index (χ1v) is 11.0. The van der Waals surface area contributed by atoms with E-state index >= 15 is 0 Å². The Kier molecular flexibility index (Phi) is 6.12. The summed E-state index contributed by atoms with van der Waals surface area (Å²) in [7, 11) is 0. The van der Waals surface area contributed by atoms with Gasteiger partial charge in [0, 0.05) is 28.0 Å². The topological polar surface area (TPSA) is 135 Å². The number of anilines is 1. The number of nitro benzene ring substituents is 1. The van der Waals surface area contributed by atoms with Crippen LogP contribution in [0.5, 0.6) is 0 Å². The number of nitrogens with one attached hydrogen (secondary N) is 1. The molecular formula is C23H19N5O5S. The SMILES string of the molecule is Cc1cc(C)nc(Sc2ccc(NC(=O)C(C)N3C(=O)c4cccc([N+](=O)[O-])c4C3=O)cc2)n1. The van der Waals surface area contributed by atoms with E-state index in [4.69, 9.17) is 0 Å². The van der Waals surface area contributed by atoms with Crippen LogP contribution in [0.4, 0.5) is 11.4 Å². The third-order valence-corrected chi connectivity index (χ3v) is 6.05. The number of carbonyl (C=O) groups excluding carboxylic acids is 3. The number of fused-ring (bicyclic) bond motifs is 1. The molecule has 11 heteroatoms. The molecule has 0 aliphatic carbocycles. The monoisotopic (exact) mass is 477 g/mol. The van der Waals surface area contributed by atoms with Crippen molar-refractivity contribution in [2.45, 2.75) is 36.9 Å². The summed E-state index contributed by atoms with van der Waals surface area (Å²) >= 11 is 1.38. The van der Waals surface area contributed by atoms with Gasteiger partial charge in [-0.2, -0.15) is 0 Å². The van der Waals surface area contributed by atoms with Gasteiger partial charge in [0.15, 0.2) is 5.16 Å². The van der Waals surface area contributed by atoms with Crippen LogP contribution >= 0.6 is 11.8 Å². The van der Waals surface area contributed by atoms with Crippen molar-refractivity contribution in [3.63, 3.8) is 0 Å². The smallest absolute Gasteiger partial charge is 0.282 e. The van der Waals surface area contributed by atoms with E-state index in [0.29, 0.717) is 10.8 Å². The Bertz CT molecular complexity index is 1320. The lowest BCUT2D eigenvalue weighted by Crippen LogP contribution is -2.45. The summed E-state index contributed by atoms with van der Waals surface area (Å²) < 4.78 is 0. The van der Waals surface area contributed by atoms with Crippen molar-refractivity contribution in [3.8, 4) is 0 Å². The molecule has 172 valence electrons. The van der Waals surface area contributed by atoms with E-state index in [0.717, 1.165) is 27.2 Å². The molecule has 3 aromatic rings. The van der Waals surface area contributed by atoms with Crippen molar-refractivity contribution in [3.05, 3.63) is 81.2 Å². The number of amides is 3. The summed E-state index contributed by atoms with van der Waals surface area (Å²) in [5.74, 6) is -2.21. The second kappa shape index (κ2) is 9.02. The molecule has 1 aromatic heterocycles. The van der Waals surface area contributed by atoms with Crippen LogP contribution in [0.3, 0.4) is 0 Å². The summed E-state index contributed by atoms with van der Waals surface area (Å²) in [5.41, 5.74) is 1.34. The Balaban J connectivity index is 1.46. The van der Waals surface area contributed by atoms with Crippen molar-refractivity contribution in [1.29, 1.82) is 0 Å². The van der Waals surface area contributed by atoms with E-state index in [2.05, 4.69) is 15.3 Å². The number of imide groups is 1. The van der Waals surface area contributed by atoms with Crippen molar-refractivity contribution in [2.24, 2.45) is 0 Å². The van der Waals surface area contributed by atoms with Gasteiger partial charge in [-0.15, -0.1) is 0 Å². The van der Waals surface area contributed by atoms with E-state index in [9.17, 15) is 24.5 Å². The summed E-state index contributed by atoms with van der Waals surface area (Å²) in [6.07, 6.45) is 0. The summed E-state index contributed by atoms with van der Waals surface area (Å²) in [4.78, 5) is 59.3. The standard InChI is InChI=1S/C23H19N5O5S/c1-12-11-13(2)25-23(24-12)34-16-9-7-15(8-10-16)26-20(29)14(3)27-21(30)17-5-4-6-18(28(32)33)19(17)22(27)31/h4-11,14H,1-3H3,(H,26,29). The minimum atomic E-state index is -1.18. The van der Waals surface area contributed by atoms with E-state index in [1.165, 1.54) is 30.8 Å². The van der Waals surface area contributed by atoms with Gasteiger partial charge in [0.2, 0.25) is 5.91 Å². The van der Waals surface area contributed by atoms with Crippen LogP contribution in [0, 0.1) is 24.0 Å². The van der Waals surface area contributed by atoms with Crippen LogP contribution in [-0.4, -0.2) is 43.6 Å². The number of aromatic nitrogens is 2. The van der Waals surface area contributed by atoms with Crippen molar-refractivity contribution in [1.82, 2.24) is 14.9 Å². The number of hydrogen-bond donors (Lipinski definition) is 1. The first-order chi connectivity index (χ1) is 16.2. The predicted molar refractivity (Wildman–Crippen MR) is 124 cm³/mol. The van der Waals surface area contributed by atoms with Gasteiger partial charge in [0.05, 0.1) is 10.5 Å². The molecule has 0 saturated carbocycles. The molecule has 1 aliphatic heterocycles. The highest BCUT2D eigenvalue weighted by Crippen LogP contribution is 2.32. The molecule has 0 bridgehead atoms. The maximum absolute atomic E-state index is 12.8. The summed E-state index contributed by atoms with van der Waals surface area (Å²) in [6, 6.07) is 11.5. The minimum absolute atomic E-state index is 0.0890. The molecule has 1 N–H and O–H groups in total. The zero-order valence-electron chi connectivity index (χ0n) is 18.4. The van der Waals surface area contributed by atoms with Crippen molar-refractivity contribution >= 4 is 40.9 Å². The number of nitrogens with zero attached hydrogens (tertiary/aromatic N) is 4. The van der Waals surface area contributed by atoms with E-state index < -0.39 is 34.4 Å². The van der Waals surface area contributed by atoms with Crippen LogP contribution in [0.25, 0.3) is 0 Å². The third kappa shape index (κ3) is 4.37. The minimum Gasteiger partial charge on any atom is -0.324 e.